The lowest BCUT2D eigenvalue weighted by Gasteiger charge is -2.46. The van der Waals surface area contributed by atoms with Gasteiger partial charge in [-0.25, -0.2) is 0 Å². The molecule has 2 fully saturated rings. The summed E-state index contributed by atoms with van der Waals surface area (Å²) in [7, 11) is 0. The molecular weight excluding hydrogens is 384 g/mol. The van der Waals surface area contributed by atoms with Gasteiger partial charge in [0.15, 0.2) is 0 Å². The van der Waals surface area contributed by atoms with E-state index < -0.39 is 5.54 Å². The third-order valence-corrected chi connectivity index (χ3v) is 6.69. The summed E-state index contributed by atoms with van der Waals surface area (Å²) >= 11 is 6.11. The highest BCUT2D eigenvalue weighted by Crippen LogP contribution is 2.51. The summed E-state index contributed by atoms with van der Waals surface area (Å²) in [6, 6.07) is 7.58. The van der Waals surface area contributed by atoms with E-state index in [0.717, 1.165) is 17.8 Å². The number of hydrogen-bond donors (Lipinski definition) is 2. The highest BCUT2D eigenvalue weighted by atomic mass is 35.5. The Balaban J connectivity index is 1.90. The molecular formula is C24H31ClN2O2. The molecule has 2 aliphatic rings. The van der Waals surface area contributed by atoms with Crippen LogP contribution in [-0.4, -0.2) is 17.6 Å². The van der Waals surface area contributed by atoms with Gasteiger partial charge in [-0.1, -0.05) is 56.7 Å². The molecule has 0 radical (unpaired) electrons. The molecule has 5 heteroatoms. The van der Waals surface area contributed by atoms with Crippen molar-refractivity contribution in [2.75, 3.05) is 5.32 Å². The third-order valence-electron chi connectivity index (χ3n) is 6.45. The number of rotatable bonds is 6. The van der Waals surface area contributed by atoms with Crippen LogP contribution in [0.25, 0.3) is 0 Å². The highest BCUT2D eigenvalue weighted by Gasteiger charge is 2.60. The van der Waals surface area contributed by atoms with E-state index in [2.05, 4.69) is 37.9 Å². The molecule has 1 aromatic carbocycles. The van der Waals surface area contributed by atoms with E-state index in [1.54, 1.807) is 6.08 Å². The quantitative estimate of drug-likeness (QED) is 0.488. The van der Waals surface area contributed by atoms with Gasteiger partial charge >= 0.3 is 5.97 Å². The number of allylic oxidation sites excluding steroid dienone is 4. The van der Waals surface area contributed by atoms with Crippen molar-refractivity contribution in [1.82, 2.24) is 0 Å². The first-order valence-corrected chi connectivity index (χ1v) is 10.7. The van der Waals surface area contributed by atoms with Crippen LogP contribution in [0, 0.1) is 23.7 Å². The summed E-state index contributed by atoms with van der Waals surface area (Å²) in [6.45, 7) is 10.2. The number of cyclic esters (lactones) is 1. The van der Waals surface area contributed by atoms with Crippen LogP contribution in [0.3, 0.4) is 0 Å². The van der Waals surface area contributed by atoms with Gasteiger partial charge in [0.25, 0.3) is 0 Å². The average molecular weight is 415 g/mol. The SMILES string of the molecule is C=C/C=C(/C=C/C1C(CC)C(C)CC2(N)C(=O)OC(C)C12)Nc1cccc(Cl)c1. The molecule has 6 atom stereocenters. The van der Waals surface area contributed by atoms with Crippen molar-refractivity contribution in [2.24, 2.45) is 29.4 Å². The maximum atomic E-state index is 12.5. The Morgan fingerprint density at radius 2 is 2.21 bits per heavy atom. The van der Waals surface area contributed by atoms with E-state index in [1.165, 1.54) is 0 Å². The number of carbonyl (C=O) groups is 1. The average Bonchev–Trinajstić information content (AvgIpc) is 2.87. The zero-order valence-electron chi connectivity index (χ0n) is 17.4. The predicted molar refractivity (Wildman–Crippen MR) is 120 cm³/mol. The standard InChI is InChI=1S/C24H31ClN2O2/c1-5-8-18(27-19-10-7-9-17(25)13-19)11-12-21-20(6-2)15(3)14-24(26)22(21)16(4)29-23(24)28/h5,7-13,15-16,20-22,27H,1,6,14,26H2,2-4H3/b12-11+,18-8-. The first kappa shape index (κ1) is 21.7. The van der Waals surface area contributed by atoms with Crippen LogP contribution in [0.4, 0.5) is 5.69 Å². The first-order chi connectivity index (χ1) is 13.8. The van der Waals surface area contributed by atoms with Crippen molar-refractivity contribution in [3.05, 3.63) is 65.9 Å². The summed E-state index contributed by atoms with van der Waals surface area (Å²) in [5, 5.41) is 4.06. The fraction of sp³-hybridized carbons (Fsp3) is 0.458. The van der Waals surface area contributed by atoms with E-state index in [-0.39, 0.29) is 23.9 Å². The topological polar surface area (TPSA) is 64.4 Å². The van der Waals surface area contributed by atoms with Gasteiger partial charge in [0.2, 0.25) is 0 Å². The zero-order valence-corrected chi connectivity index (χ0v) is 18.2. The van der Waals surface area contributed by atoms with Crippen molar-refractivity contribution in [3.8, 4) is 0 Å². The normalized spacial score (nSPS) is 34.7. The van der Waals surface area contributed by atoms with Crippen molar-refractivity contribution < 1.29 is 9.53 Å². The number of halogens is 1. The molecule has 3 rings (SSSR count). The lowest BCUT2D eigenvalue weighted by molar-refractivity contribution is -0.145. The number of esters is 1. The van der Waals surface area contributed by atoms with Crippen LogP contribution in [0.1, 0.15) is 33.6 Å². The van der Waals surface area contributed by atoms with E-state index in [4.69, 9.17) is 22.1 Å². The van der Waals surface area contributed by atoms with Gasteiger partial charge in [0.1, 0.15) is 11.6 Å². The van der Waals surface area contributed by atoms with E-state index in [0.29, 0.717) is 23.3 Å². The largest absolute Gasteiger partial charge is 0.461 e. The molecule has 3 N–H and O–H groups in total. The van der Waals surface area contributed by atoms with Crippen LogP contribution in [0.5, 0.6) is 0 Å². The van der Waals surface area contributed by atoms with Gasteiger partial charge in [-0.15, -0.1) is 0 Å². The minimum absolute atomic E-state index is 0.0245. The van der Waals surface area contributed by atoms with Crippen LogP contribution in [-0.2, 0) is 9.53 Å². The second-order valence-corrected chi connectivity index (χ2v) is 8.80. The van der Waals surface area contributed by atoms with Gasteiger partial charge in [-0.3, -0.25) is 4.79 Å². The van der Waals surface area contributed by atoms with Gasteiger partial charge in [-0.2, -0.15) is 0 Å². The molecule has 1 heterocycles. The van der Waals surface area contributed by atoms with E-state index in [1.807, 2.05) is 37.3 Å². The monoisotopic (exact) mass is 414 g/mol. The van der Waals surface area contributed by atoms with Gasteiger partial charge in [0.05, 0.1) is 0 Å². The van der Waals surface area contributed by atoms with Crippen LogP contribution in [0.2, 0.25) is 5.02 Å². The Morgan fingerprint density at radius 1 is 1.45 bits per heavy atom. The molecule has 1 aliphatic carbocycles. The summed E-state index contributed by atoms with van der Waals surface area (Å²) < 4.78 is 5.59. The molecule has 6 unspecified atom stereocenters. The Morgan fingerprint density at radius 3 is 2.86 bits per heavy atom. The number of anilines is 1. The van der Waals surface area contributed by atoms with Crippen molar-refractivity contribution in [2.45, 2.75) is 45.3 Å². The molecule has 156 valence electrons. The second-order valence-electron chi connectivity index (χ2n) is 8.36. The number of nitrogens with one attached hydrogen (secondary N) is 1. The van der Waals surface area contributed by atoms with Gasteiger partial charge in [0, 0.05) is 22.3 Å². The zero-order chi connectivity index (χ0) is 21.2. The summed E-state index contributed by atoms with van der Waals surface area (Å²) in [6.07, 6.45) is 9.45. The fourth-order valence-electron chi connectivity index (χ4n) is 5.26. The molecule has 1 saturated carbocycles. The maximum absolute atomic E-state index is 12.5. The lowest BCUT2D eigenvalue weighted by Crippen LogP contribution is -2.59. The van der Waals surface area contributed by atoms with Crippen molar-refractivity contribution >= 4 is 23.3 Å². The second kappa shape index (κ2) is 8.76. The number of benzene rings is 1. The lowest BCUT2D eigenvalue weighted by atomic mass is 9.58. The first-order valence-electron chi connectivity index (χ1n) is 10.3. The Kier molecular flexibility index (Phi) is 6.55. The number of carbonyl (C=O) groups excluding carboxylic acids is 1. The molecule has 29 heavy (non-hydrogen) atoms. The Hall–Kier alpha value is -2.04. The van der Waals surface area contributed by atoms with Crippen molar-refractivity contribution in [1.29, 1.82) is 0 Å². The smallest absolute Gasteiger partial charge is 0.326 e. The van der Waals surface area contributed by atoms with E-state index >= 15 is 0 Å². The van der Waals surface area contributed by atoms with Crippen molar-refractivity contribution in [3.63, 3.8) is 0 Å². The van der Waals surface area contributed by atoms with Gasteiger partial charge < -0.3 is 15.8 Å². The number of fused-ring (bicyclic) bond motifs is 1. The minimum Gasteiger partial charge on any atom is -0.461 e. The molecule has 1 aliphatic heterocycles. The van der Waals surface area contributed by atoms with Crippen LogP contribution >= 0.6 is 11.6 Å². The number of hydrogen-bond acceptors (Lipinski definition) is 4. The summed E-state index contributed by atoms with van der Waals surface area (Å²) in [4.78, 5) is 12.5. The number of ether oxygens (including phenoxy) is 1. The van der Waals surface area contributed by atoms with E-state index in [9.17, 15) is 4.79 Å². The minimum atomic E-state index is -0.901. The molecule has 0 spiro atoms. The van der Waals surface area contributed by atoms with Crippen LogP contribution < -0.4 is 11.1 Å². The predicted octanol–water partition coefficient (Wildman–Crippen LogP) is 5.32. The number of nitrogens with two attached hydrogens (primary N) is 1. The maximum Gasteiger partial charge on any atom is 0.326 e. The highest BCUT2D eigenvalue weighted by molar-refractivity contribution is 6.30. The summed E-state index contributed by atoms with van der Waals surface area (Å²) in [5.74, 6) is 0.671. The molecule has 1 aromatic rings. The Bertz CT molecular complexity index is 834. The summed E-state index contributed by atoms with van der Waals surface area (Å²) in [5.41, 5.74) is 7.53. The molecule has 4 nitrogen and oxygen atoms in total. The third kappa shape index (κ3) is 4.29. The van der Waals surface area contributed by atoms with Gasteiger partial charge in [-0.05, 0) is 61.4 Å². The molecule has 1 saturated heterocycles. The molecule has 0 aromatic heterocycles. The molecule has 0 amide bonds. The fourth-order valence-corrected chi connectivity index (χ4v) is 5.45. The van der Waals surface area contributed by atoms with Crippen LogP contribution in [0.15, 0.2) is 60.8 Å². The Labute approximate surface area is 178 Å². The molecule has 0 bridgehead atoms.